The lowest BCUT2D eigenvalue weighted by molar-refractivity contribution is -0.130. The number of sulfonamides is 1. The van der Waals surface area contributed by atoms with Crippen molar-refractivity contribution in [2.24, 2.45) is 0 Å². The van der Waals surface area contributed by atoms with E-state index in [4.69, 9.17) is 9.47 Å². The van der Waals surface area contributed by atoms with Crippen LogP contribution in [0.15, 0.2) is 53.4 Å². The molecular weight excluding hydrogens is 410 g/mol. The fraction of sp³-hybridized carbons (Fsp3) is 0.300. The molecule has 0 spiro atoms. The molecule has 9 nitrogen and oxygen atoms in total. The molecule has 0 radical (unpaired) electrons. The van der Waals surface area contributed by atoms with E-state index in [1.807, 2.05) is 0 Å². The molecule has 0 unspecified atom stereocenters. The van der Waals surface area contributed by atoms with Gasteiger partial charge in [0, 0.05) is 19.8 Å². The molecule has 0 bridgehead atoms. The predicted molar refractivity (Wildman–Crippen MR) is 112 cm³/mol. The summed E-state index contributed by atoms with van der Waals surface area (Å²) in [7, 11) is 0.876. The molecule has 2 amide bonds. The van der Waals surface area contributed by atoms with Crippen molar-refractivity contribution in [3.63, 3.8) is 0 Å². The van der Waals surface area contributed by atoms with E-state index in [0.29, 0.717) is 17.2 Å². The molecule has 1 atom stereocenters. The number of amides is 2. The number of benzene rings is 2. The first-order valence-corrected chi connectivity index (χ1v) is 10.5. The fourth-order valence-corrected chi connectivity index (χ4v) is 3.47. The van der Waals surface area contributed by atoms with Crippen LogP contribution in [0.5, 0.6) is 11.5 Å². The minimum absolute atomic E-state index is 0.0247. The van der Waals surface area contributed by atoms with Crippen LogP contribution in [0, 0.1) is 0 Å². The van der Waals surface area contributed by atoms with Crippen LogP contribution in [-0.4, -0.2) is 59.0 Å². The second-order valence-electron chi connectivity index (χ2n) is 6.61. The number of methoxy groups -OCH3 is 1. The van der Waals surface area contributed by atoms with Gasteiger partial charge in [0.25, 0.3) is 5.91 Å². The number of carbonyl (C=O) groups excluding carboxylic acids is 2. The van der Waals surface area contributed by atoms with Crippen LogP contribution >= 0.6 is 0 Å². The van der Waals surface area contributed by atoms with E-state index >= 15 is 0 Å². The third-order valence-corrected chi connectivity index (χ3v) is 5.63. The van der Waals surface area contributed by atoms with E-state index in [1.54, 1.807) is 38.4 Å². The third-order valence-electron chi connectivity index (χ3n) is 4.08. The minimum Gasteiger partial charge on any atom is -0.497 e. The summed E-state index contributed by atoms with van der Waals surface area (Å²) in [5, 5.41) is 2.63. The van der Waals surface area contributed by atoms with Gasteiger partial charge in [-0.15, -0.1) is 0 Å². The van der Waals surface area contributed by atoms with E-state index in [0.717, 1.165) is 0 Å². The zero-order valence-corrected chi connectivity index (χ0v) is 18.0. The molecular formula is C20H25N3O6S. The van der Waals surface area contributed by atoms with Crippen LogP contribution in [-0.2, 0) is 19.6 Å². The minimum atomic E-state index is -3.87. The van der Waals surface area contributed by atoms with E-state index in [2.05, 4.69) is 10.0 Å². The molecule has 2 rings (SSSR count). The van der Waals surface area contributed by atoms with Crippen molar-refractivity contribution in [3.8, 4) is 11.5 Å². The van der Waals surface area contributed by atoms with Gasteiger partial charge in [-0.05, 0) is 55.5 Å². The Bertz CT molecular complexity index is 973. The molecule has 0 saturated heterocycles. The number of rotatable bonds is 9. The maximum absolute atomic E-state index is 12.4. The summed E-state index contributed by atoms with van der Waals surface area (Å²) in [4.78, 5) is 25.3. The van der Waals surface area contributed by atoms with E-state index in [1.165, 1.54) is 43.2 Å². The highest BCUT2D eigenvalue weighted by Gasteiger charge is 2.22. The molecule has 0 fully saturated rings. The topological polar surface area (TPSA) is 114 Å². The highest BCUT2D eigenvalue weighted by Crippen LogP contribution is 2.17. The quantitative estimate of drug-likeness (QED) is 0.617. The molecule has 0 aliphatic rings. The highest BCUT2D eigenvalue weighted by molar-refractivity contribution is 7.89. The smallest absolute Gasteiger partial charge is 0.259 e. The fourth-order valence-electron chi connectivity index (χ4n) is 2.27. The Morgan fingerprint density at radius 2 is 1.57 bits per heavy atom. The highest BCUT2D eigenvalue weighted by atomic mass is 32.2. The summed E-state index contributed by atoms with van der Waals surface area (Å²) in [6.45, 7) is 1.35. The van der Waals surface area contributed by atoms with Crippen LogP contribution in [0.4, 0.5) is 5.69 Å². The van der Waals surface area contributed by atoms with Gasteiger partial charge in [0.2, 0.25) is 15.9 Å². The molecule has 0 aliphatic carbocycles. The maximum atomic E-state index is 12.4. The lowest BCUT2D eigenvalue weighted by Crippen LogP contribution is -2.41. The first-order chi connectivity index (χ1) is 14.1. The molecule has 0 saturated carbocycles. The largest absolute Gasteiger partial charge is 0.497 e. The van der Waals surface area contributed by atoms with Crippen molar-refractivity contribution in [2.75, 3.05) is 33.1 Å². The Morgan fingerprint density at radius 1 is 1.00 bits per heavy atom. The predicted octanol–water partition coefficient (Wildman–Crippen LogP) is 1.47. The van der Waals surface area contributed by atoms with Crippen molar-refractivity contribution in [2.45, 2.75) is 17.9 Å². The van der Waals surface area contributed by atoms with E-state index in [9.17, 15) is 18.0 Å². The zero-order chi connectivity index (χ0) is 22.3. The summed E-state index contributed by atoms with van der Waals surface area (Å²) < 4.78 is 37.6. The van der Waals surface area contributed by atoms with Crippen LogP contribution in [0.3, 0.4) is 0 Å². The average Bonchev–Trinajstić information content (AvgIpc) is 2.72. The lowest BCUT2D eigenvalue weighted by Gasteiger charge is -2.15. The second-order valence-corrected chi connectivity index (χ2v) is 8.32. The van der Waals surface area contributed by atoms with Crippen LogP contribution < -0.4 is 19.5 Å². The number of nitrogens with one attached hydrogen (secondary N) is 2. The summed E-state index contributed by atoms with van der Waals surface area (Å²) in [5.41, 5.74) is 0.460. The number of nitrogens with zero attached hydrogens (tertiary/aromatic N) is 1. The van der Waals surface area contributed by atoms with Gasteiger partial charge in [-0.2, -0.15) is 4.72 Å². The van der Waals surface area contributed by atoms with E-state index in [-0.39, 0.29) is 17.4 Å². The molecule has 162 valence electrons. The first kappa shape index (κ1) is 23.2. The summed E-state index contributed by atoms with van der Waals surface area (Å²) >= 11 is 0. The van der Waals surface area contributed by atoms with Gasteiger partial charge >= 0.3 is 0 Å². The molecule has 0 aromatic heterocycles. The van der Waals surface area contributed by atoms with Crippen molar-refractivity contribution in [1.82, 2.24) is 9.62 Å². The maximum Gasteiger partial charge on any atom is 0.259 e. The van der Waals surface area contributed by atoms with Crippen molar-refractivity contribution < 1.29 is 27.5 Å². The van der Waals surface area contributed by atoms with Gasteiger partial charge in [-0.3, -0.25) is 9.59 Å². The normalized spacial score (nSPS) is 12.0. The second kappa shape index (κ2) is 10.1. The van der Waals surface area contributed by atoms with Gasteiger partial charge in [-0.1, -0.05) is 0 Å². The van der Waals surface area contributed by atoms with Gasteiger partial charge in [0.15, 0.2) is 6.61 Å². The molecule has 2 aromatic carbocycles. The number of hydrogen-bond donors (Lipinski definition) is 2. The Morgan fingerprint density at radius 3 is 2.10 bits per heavy atom. The molecule has 0 heterocycles. The Kier molecular flexibility index (Phi) is 7.79. The summed E-state index contributed by atoms with van der Waals surface area (Å²) in [6, 6.07) is 11.2. The first-order valence-electron chi connectivity index (χ1n) is 9.02. The van der Waals surface area contributed by atoms with Crippen LogP contribution in [0.1, 0.15) is 6.92 Å². The van der Waals surface area contributed by atoms with Crippen molar-refractivity contribution in [3.05, 3.63) is 48.5 Å². The average molecular weight is 436 g/mol. The summed E-state index contributed by atoms with van der Waals surface area (Å²) in [5.74, 6) is 0.295. The third kappa shape index (κ3) is 6.46. The van der Waals surface area contributed by atoms with Gasteiger partial charge in [-0.25, -0.2) is 8.42 Å². The van der Waals surface area contributed by atoms with Crippen LogP contribution in [0.25, 0.3) is 0 Å². The Labute approximate surface area is 176 Å². The number of anilines is 1. The van der Waals surface area contributed by atoms with E-state index < -0.39 is 22.0 Å². The molecule has 30 heavy (non-hydrogen) atoms. The SMILES string of the molecule is COc1ccc(S(=O)(=O)N[C@@H](C)C(=O)Nc2ccc(OCC(=O)N(C)C)cc2)cc1. The molecule has 2 aromatic rings. The van der Waals surface area contributed by atoms with Gasteiger partial charge in [0.1, 0.15) is 11.5 Å². The Balaban J connectivity index is 1.93. The number of carbonyl (C=O) groups is 2. The standard InChI is InChI=1S/C20H25N3O6S/c1-14(22-30(26,27)18-11-9-16(28-4)10-12-18)20(25)21-15-5-7-17(8-6-15)29-13-19(24)23(2)3/h5-12,14,22H,13H2,1-4H3,(H,21,25)/t14-/m0/s1. The molecule has 2 N–H and O–H groups in total. The monoisotopic (exact) mass is 435 g/mol. The molecule has 10 heteroatoms. The van der Waals surface area contributed by atoms with Crippen molar-refractivity contribution in [1.29, 1.82) is 0 Å². The van der Waals surface area contributed by atoms with Crippen LogP contribution in [0.2, 0.25) is 0 Å². The van der Waals surface area contributed by atoms with Crippen molar-refractivity contribution >= 4 is 27.5 Å². The number of ether oxygens (including phenoxy) is 2. The van der Waals surface area contributed by atoms with Gasteiger partial charge < -0.3 is 19.7 Å². The summed E-state index contributed by atoms with van der Waals surface area (Å²) in [6.07, 6.45) is 0. The molecule has 0 aliphatic heterocycles. The van der Waals surface area contributed by atoms with Gasteiger partial charge in [0.05, 0.1) is 18.0 Å². The zero-order valence-electron chi connectivity index (χ0n) is 17.2. The lowest BCUT2D eigenvalue weighted by atomic mass is 10.2. The number of hydrogen-bond acceptors (Lipinski definition) is 6. The number of likely N-dealkylation sites (N-methyl/N-ethyl adjacent to an activating group) is 1. The Hall–Kier alpha value is -3.11.